The van der Waals surface area contributed by atoms with Gasteiger partial charge < -0.3 is 4.74 Å². The van der Waals surface area contributed by atoms with E-state index in [1.165, 1.54) is 11.1 Å². The Morgan fingerprint density at radius 2 is 1.57 bits per heavy atom. The molecule has 0 bridgehead atoms. The third-order valence-electron chi connectivity index (χ3n) is 4.48. The van der Waals surface area contributed by atoms with Crippen molar-refractivity contribution in [2.75, 3.05) is 7.11 Å². The standard InChI is InChI=1S/C23H21N3OS/c1-17-8-10-18(11-9-17)16-28-23-25-24-22(19-6-4-3-5-7-19)26(23)20-12-14-21(27-2)15-13-20/h3-15H,16H2,1-2H3. The lowest BCUT2D eigenvalue weighted by molar-refractivity contribution is 0.414. The molecule has 0 saturated carbocycles. The number of rotatable bonds is 6. The Morgan fingerprint density at radius 1 is 0.857 bits per heavy atom. The largest absolute Gasteiger partial charge is 0.497 e. The zero-order valence-electron chi connectivity index (χ0n) is 15.9. The normalized spacial score (nSPS) is 10.8. The smallest absolute Gasteiger partial charge is 0.196 e. The van der Waals surface area contributed by atoms with E-state index >= 15 is 0 Å². The van der Waals surface area contributed by atoms with Crippen molar-refractivity contribution in [2.45, 2.75) is 17.8 Å². The average Bonchev–Trinajstić information content (AvgIpc) is 3.18. The number of aryl methyl sites for hydroxylation is 1. The van der Waals surface area contributed by atoms with E-state index in [-0.39, 0.29) is 0 Å². The highest BCUT2D eigenvalue weighted by atomic mass is 32.2. The van der Waals surface area contributed by atoms with Crippen LogP contribution < -0.4 is 4.74 Å². The molecule has 0 spiro atoms. The highest BCUT2D eigenvalue weighted by molar-refractivity contribution is 7.98. The van der Waals surface area contributed by atoms with Crippen molar-refractivity contribution in [1.82, 2.24) is 14.8 Å². The topological polar surface area (TPSA) is 39.9 Å². The summed E-state index contributed by atoms with van der Waals surface area (Å²) in [7, 11) is 1.67. The summed E-state index contributed by atoms with van der Waals surface area (Å²) in [5, 5.41) is 9.85. The molecule has 4 rings (SSSR count). The maximum absolute atomic E-state index is 5.30. The van der Waals surface area contributed by atoms with E-state index in [0.717, 1.165) is 33.7 Å². The minimum atomic E-state index is 0.826. The fraction of sp³-hybridized carbons (Fsp3) is 0.130. The van der Waals surface area contributed by atoms with Gasteiger partial charge in [0.1, 0.15) is 5.75 Å². The summed E-state index contributed by atoms with van der Waals surface area (Å²) < 4.78 is 7.41. The molecule has 0 fully saturated rings. The Kier molecular flexibility index (Phi) is 5.44. The van der Waals surface area contributed by atoms with Gasteiger partial charge in [-0.2, -0.15) is 0 Å². The van der Waals surface area contributed by atoms with Crippen molar-refractivity contribution in [3.05, 3.63) is 90.0 Å². The van der Waals surface area contributed by atoms with Gasteiger partial charge in [0.05, 0.1) is 7.11 Å². The van der Waals surface area contributed by atoms with Crippen LogP contribution in [0.25, 0.3) is 17.1 Å². The molecule has 1 aromatic heterocycles. The lowest BCUT2D eigenvalue weighted by Gasteiger charge is -2.11. The van der Waals surface area contributed by atoms with Crippen molar-refractivity contribution in [1.29, 1.82) is 0 Å². The van der Waals surface area contributed by atoms with Crippen LogP contribution in [0, 0.1) is 6.92 Å². The predicted octanol–water partition coefficient (Wildman–Crippen LogP) is 5.54. The van der Waals surface area contributed by atoms with Gasteiger partial charge in [0, 0.05) is 17.0 Å². The van der Waals surface area contributed by atoms with Crippen LogP contribution in [-0.4, -0.2) is 21.9 Å². The van der Waals surface area contributed by atoms with E-state index < -0.39 is 0 Å². The summed E-state index contributed by atoms with van der Waals surface area (Å²) in [6.07, 6.45) is 0. The number of benzene rings is 3. The van der Waals surface area contributed by atoms with Crippen LogP contribution in [0.2, 0.25) is 0 Å². The first-order valence-corrected chi connectivity index (χ1v) is 10.1. The third-order valence-corrected chi connectivity index (χ3v) is 5.48. The van der Waals surface area contributed by atoms with Gasteiger partial charge in [-0.15, -0.1) is 10.2 Å². The van der Waals surface area contributed by atoms with Crippen LogP contribution in [0.5, 0.6) is 5.75 Å². The van der Waals surface area contributed by atoms with Crippen LogP contribution in [-0.2, 0) is 5.75 Å². The highest BCUT2D eigenvalue weighted by Gasteiger charge is 2.16. The molecule has 0 amide bonds. The molecule has 140 valence electrons. The molecule has 0 aliphatic carbocycles. The first-order chi connectivity index (χ1) is 13.7. The number of aromatic nitrogens is 3. The average molecular weight is 388 g/mol. The van der Waals surface area contributed by atoms with Crippen LogP contribution >= 0.6 is 11.8 Å². The number of thioether (sulfide) groups is 1. The molecule has 4 aromatic rings. The molecule has 3 aromatic carbocycles. The Hall–Kier alpha value is -3.05. The van der Waals surface area contributed by atoms with Gasteiger partial charge >= 0.3 is 0 Å². The quantitative estimate of drug-likeness (QED) is 0.407. The second kappa shape index (κ2) is 8.31. The molecule has 0 N–H and O–H groups in total. The summed E-state index contributed by atoms with van der Waals surface area (Å²) in [5.41, 5.74) is 4.58. The van der Waals surface area contributed by atoms with Gasteiger partial charge in [0.2, 0.25) is 0 Å². The summed E-state index contributed by atoms with van der Waals surface area (Å²) in [6.45, 7) is 2.10. The highest BCUT2D eigenvalue weighted by Crippen LogP contribution is 2.30. The molecule has 0 aliphatic rings. The second-order valence-electron chi connectivity index (χ2n) is 6.48. The zero-order valence-corrected chi connectivity index (χ0v) is 16.7. The number of hydrogen-bond acceptors (Lipinski definition) is 4. The van der Waals surface area contributed by atoms with Gasteiger partial charge in [-0.3, -0.25) is 4.57 Å². The minimum absolute atomic E-state index is 0.826. The van der Waals surface area contributed by atoms with E-state index in [1.807, 2.05) is 42.5 Å². The lowest BCUT2D eigenvalue weighted by Crippen LogP contribution is -2.00. The first kappa shape index (κ1) is 18.3. The molecule has 1 heterocycles. The van der Waals surface area contributed by atoms with E-state index in [2.05, 4.69) is 58.1 Å². The van der Waals surface area contributed by atoms with Crippen LogP contribution in [0.15, 0.2) is 84.0 Å². The van der Waals surface area contributed by atoms with E-state index in [1.54, 1.807) is 18.9 Å². The molecule has 0 unspecified atom stereocenters. The Bertz CT molecular complexity index is 1040. The molecular weight excluding hydrogens is 366 g/mol. The molecule has 0 atom stereocenters. The van der Waals surface area contributed by atoms with E-state index in [0.29, 0.717) is 0 Å². The first-order valence-electron chi connectivity index (χ1n) is 9.08. The fourth-order valence-corrected chi connectivity index (χ4v) is 3.84. The fourth-order valence-electron chi connectivity index (χ4n) is 2.93. The van der Waals surface area contributed by atoms with Crippen LogP contribution in [0.1, 0.15) is 11.1 Å². The van der Waals surface area contributed by atoms with E-state index in [4.69, 9.17) is 4.74 Å². The van der Waals surface area contributed by atoms with Crippen molar-refractivity contribution in [3.8, 4) is 22.8 Å². The van der Waals surface area contributed by atoms with Gasteiger partial charge in [-0.25, -0.2) is 0 Å². The summed E-state index contributed by atoms with van der Waals surface area (Å²) in [6, 6.07) is 26.7. The molecule has 0 saturated heterocycles. The SMILES string of the molecule is COc1ccc(-n2c(SCc3ccc(C)cc3)nnc2-c2ccccc2)cc1. The number of nitrogens with zero attached hydrogens (tertiary/aromatic N) is 3. The van der Waals surface area contributed by atoms with E-state index in [9.17, 15) is 0 Å². The van der Waals surface area contributed by atoms with Crippen molar-refractivity contribution >= 4 is 11.8 Å². The van der Waals surface area contributed by atoms with Crippen LogP contribution in [0.4, 0.5) is 0 Å². The summed E-state index contributed by atoms with van der Waals surface area (Å²) in [4.78, 5) is 0. The number of ether oxygens (including phenoxy) is 1. The Labute approximate surface area is 169 Å². The summed E-state index contributed by atoms with van der Waals surface area (Å²) in [5.74, 6) is 2.49. The molecular formula is C23H21N3OS. The monoisotopic (exact) mass is 387 g/mol. The number of hydrogen-bond donors (Lipinski definition) is 0. The molecule has 28 heavy (non-hydrogen) atoms. The van der Waals surface area contributed by atoms with Crippen molar-refractivity contribution < 1.29 is 4.74 Å². The molecule has 0 aliphatic heterocycles. The summed E-state index contributed by atoms with van der Waals surface area (Å²) >= 11 is 1.68. The Morgan fingerprint density at radius 3 is 2.25 bits per heavy atom. The second-order valence-corrected chi connectivity index (χ2v) is 7.42. The maximum Gasteiger partial charge on any atom is 0.196 e. The Balaban J connectivity index is 1.71. The maximum atomic E-state index is 5.30. The van der Waals surface area contributed by atoms with Crippen molar-refractivity contribution in [2.24, 2.45) is 0 Å². The van der Waals surface area contributed by atoms with Gasteiger partial charge in [0.25, 0.3) is 0 Å². The van der Waals surface area contributed by atoms with Gasteiger partial charge in [0.15, 0.2) is 11.0 Å². The van der Waals surface area contributed by atoms with Gasteiger partial charge in [-0.1, -0.05) is 71.9 Å². The molecule has 0 radical (unpaired) electrons. The predicted molar refractivity (Wildman–Crippen MR) is 114 cm³/mol. The zero-order chi connectivity index (χ0) is 19.3. The minimum Gasteiger partial charge on any atom is -0.497 e. The van der Waals surface area contributed by atoms with Crippen molar-refractivity contribution in [3.63, 3.8) is 0 Å². The lowest BCUT2D eigenvalue weighted by atomic mass is 10.2. The third kappa shape index (κ3) is 3.94. The molecule has 5 heteroatoms. The van der Waals surface area contributed by atoms with Gasteiger partial charge in [-0.05, 0) is 36.8 Å². The van der Waals surface area contributed by atoms with Crippen LogP contribution in [0.3, 0.4) is 0 Å². The molecule has 4 nitrogen and oxygen atoms in total. The number of methoxy groups -OCH3 is 1.